The predicted octanol–water partition coefficient (Wildman–Crippen LogP) is 1.63. The van der Waals surface area contributed by atoms with Gasteiger partial charge in [-0.1, -0.05) is 0 Å². The lowest BCUT2D eigenvalue weighted by Gasteiger charge is -2.42. The molecule has 0 radical (unpaired) electrons. The van der Waals surface area contributed by atoms with E-state index in [2.05, 4.69) is 11.0 Å². The first kappa shape index (κ1) is 8.07. The molecule has 0 atom stereocenters. The molecule has 0 aromatic rings. The van der Waals surface area contributed by atoms with Gasteiger partial charge in [-0.15, -0.1) is 0 Å². The zero-order chi connectivity index (χ0) is 8.82. The lowest BCUT2D eigenvalue weighted by molar-refractivity contribution is 0.0570. The van der Waals surface area contributed by atoms with E-state index >= 15 is 0 Å². The molecule has 0 N–H and O–H groups in total. The van der Waals surface area contributed by atoms with E-state index in [-0.39, 0.29) is 5.41 Å². The van der Waals surface area contributed by atoms with Gasteiger partial charge in [-0.25, -0.2) is 0 Å². The first-order valence-electron chi connectivity index (χ1n) is 4.69. The maximum atomic E-state index is 8.83. The highest BCUT2D eigenvalue weighted by Gasteiger charge is 2.52. The lowest BCUT2D eigenvalue weighted by atomic mass is 9.89. The monoisotopic (exact) mass is 164 g/mol. The van der Waals surface area contributed by atoms with Crippen LogP contribution in [0.3, 0.4) is 0 Å². The second kappa shape index (κ2) is 2.23. The molecule has 12 heavy (non-hydrogen) atoms. The molecule has 2 nitrogen and oxygen atoms in total. The van der Waals surface area contributed by atoms with Crippen LogP contribution >= 0.6 is 0 Å². The molecule has 2 rings (SSSR count). The predicted molar refractivity (Wildman–Crippen MR) is 47.5 cm³/mol. The van der Waals surface area contributed by atoms with Crippen molar-refractivity contribution >= 4 is 0 Å². The normalized spacial score (nSPS) is 26.4. The molecular formula is C10H16N2. The van der Waals surface area contributed by atoms with Gasteiger partial charge in [0.15, 0.2) is 0 Å². The number of nitriles is 1. The van der Waals surface area contributed by atoms with E-state index < -0.39 is 0 Å². The Hall–Kier alpha value is -0.550. The number of nitrogens with zero attached hydrogens (tertiary/aromatic N) is 2. The van der Waals surface area contributed by atoms with Gasteiger partial charge in [0, 0.05) is 19.6 Å². The van der Waals surface area contributed by atoms with Gasteiger partial charge in [-0.05, 0) is 32.1 Å². The fraction of sp³-hybridized carbons (Fsp3) is 0.900. The molecule has 1 saturated heterocycles. The number of hydrogen-bond donors (Lipinski definition) is 0. The van der Waals surface area contributed by atoms with Gasteiger partial charge < -0.3 is 4.90 Å². The fourth-order valence-corrected chi connectivity index (χ4v) is 2.10. The highest BCUT2D eigenvalue weighted by molar-refractivity contribution is 5.07. The molecular weight excluding hydrogens is 148 g/mol. The van der Waals surface area contributed by atoms with Crippen LogP contribution in [0.4, 0.5) is 0 Å². The lowest BCUT2D eigenvalue weighted by Crippen LogP contribution is -2.51. The van der Waals surface area contributed by atoms with E-state index in [1.807, 2.05) is 13.8 Å². The number of hydrogen-bond acceptors (Lipinski definition) is 2. The summed E-state index contributed by atoms with van der Waals surface area (Å²) in [5, 5.41) is 8.83. The SMILES string of the molecule is CC(C)(C#N)CN1CC2(CC2)C1. The quantitative estimate of drug-likeness (QED) is 0.620. The van der Waals surface area contributed by atoms with Gasteiger partial charge >= 0.3 is 0 Å². The van der Waals surface area contributed by atoms with Crippen LogP contribution in [-0.4, -0.2) is 24.5 Å². The van der Waals surface area contributed by atoms with Crippen LogP contribution in [0.25, 0.3) is 0 Å². The third-order valence-electron chi connectivity index (χ3n) is 3.00. The Morgan fingerprint density at radius 3 is 2.42 bits per heavy atom. The molecule has 1 aliphatic heterocycles. The average molecular weight is 164 g/mol. The van der Waals surface area contributed by atoms with Crippen LogP contribution < -0.4 is 0 Å². The highest BCUT2D eigenvalue weighted by atomic mass is 15.2. The van der Waals surface area contributed by atoms with E-state index in [1.165, 1.54) is 25.9 Å². The van der Waals surface area contributed by atoms with Crippen molar-refractivity contribution in [2.24, 2.45) is 10.8 Å². The van der Waals surface area contributed by atoms with Crippen LogP contribution in [0.1, 0.15) is 26.7 Å². The summed E-state index contributed by atoms with van der Waals surface area (Å²) < 4.78 is 0. The Kier molecular flexibility index (Phi) is 1.50. The maximum Gasteiger partial charge on any atom is 0.0697 e. The second-order valence-corrected chi connectivity index (χ2v) is 5.14. The van der Waals surface area contributed by atoms with Gasteiger partial charge in [-0.3, -0.25) is 0 Å². The van der Waals surface area contributed by atoms with Gasteiger partial charge in [0.2, 0.25) is 0 Å². The molecule has 1 spiro atoms. The Morgan fingerprint density at radius 1 is 1.42 bits per heavy atom. The van der Waals surface area contributed by atoms with Crippen molar-refractivity contribution in [2.45, 2.75) is 26.7 Å². The number of rotatable bonds is 2. The Bertz CT molecular complexity index is 225. The standard InChI is InChI=1S/C10H16N2/c1-9(2,5-11)6-12-7-10(8-12)3-4-10/h3-4,6-8H2,1-2H3. The summed E-state index contributed by atoms with van der Waals surface area (Å²) in [6, 6.07) is 2.35. The molecule has 0 amide bonds. The number of likely N-dealkylation sites (tertiary alicyclic amines) is 1. The topological polar surface area (TPSA) is 27.0 Å². The first-order valence-corrected chi connectivity index (χ1v) is 4.69. The Labute approximate surface area is 74.2 Å². The van der Waals surface area contributed by atoms with Crippen molar-refractivity contribution in [1.82, 2.24) is 4.90 Å². The van der Waals surface area contributed by atoms with Gasteiger partial charge in [0.05, 0.1) is 11.5 Å². The molecule has 66 valence electrons. The molecule has 2 heteroatoms. The molecule has 0 aromatic carbocycles. The van der Waals surface area contributed by atoms with E-state index in [0.29, 0.717) is 0 Å². The van der Waals surface area contributed by atoms with Crippen LogP contribution in [0.15, 0.2) is 0 Å². The molecule has 0 bridgehead atoms. The van der Waals surface area contributed by atoms with E-state index in [9.17, 15) is 0 Å². The molecule has 2 aliphatic rings. The molecule has 1 aliphatic carbocycles. The van der Waals surface area contributed by atoms with Crippen LogP contribution in [-0.2, 0) is 0 Å². The van der Waals surface area contributed by atoms with Crippen molar-refractivity contribution in [1.29, 1.82) is 5.26 Å². The zero-order valence-corrected chi connectivity index (χ0v) is 7.93. The molecule has 0 unspecified atom stereocenters. The minimum absolute atomic E-state index is 0.156. The summed E-state index contributed by atoms with van der Waals surface area (Å²) in [6.07, 6.45) is 2.85. The van der Waals surface area contributed by atoms with Gasteiger partial charge in [0.1, 0.15) is 0 Å². The highest BCUT2D eigenvalue weighted by Crippen LogP contribution is 2.53. The summed E-state index contributed by atoms with van der Waals surface area (Å²) >= 11 is 0. The smallest absolute Gasteiger partial charge is 0.0697 e. The minimum Gasteiger partial charge on any atom is -0.301 e. The summed E-state index contributed by atoms with van der Waals surface area (Å²) in [4.78, 5) is 2.41. The second-order valence-electron chi connectivity index (χ2n) is 5.14. The molecule has 0 aromatic heterocycles. The minimum atomic E-state index is -0.156. The van der Waals surface area contributed by atoms with Crippen LogP contribution in [0.5, 0.6) is 0 Å². The van der Waals surface area contributed by atoms with E-state index in [4.69, 9.17) is 5.26 Å². The summed E-state index contributed by atoms with van der Waals surface area (Å²) in [5.74, 6) is 0. The van der Waals surface area contributed by atoms with E-state index in [0.717, 1.165) is 12.0 Å². The van der Waals surface area contributed by atoms with Gasteiger partial charge in [0.25, 0.3) is 0 Å². The van der Waals surface area contributed by atoms with Crippen molar-refractivity contribution in [3.63, 3.8) is 0 Å². The Balaban J connectivity index is 1.79. The third kappa shape index (κ3) is 1.34. The van der Waals surface area contributed by atoms with Crippen molar-refractivity contribution < 1.29 is 0 Å². The van der Waals surface area contributed by atoms with Crippen LogP contribution in [0.2, 0.25) is 0 Å². The average Bonchev–Trinajstić information content (AvgIpc) is 2.66. The Morgan fingerprint density at radius 2 is 2.00 bits per heavy atom. The van der Waals surface area contributed by atoms with Crippen molar-refractivity contribution in [3.05, 3.63) is 0 Å². The maximum absolute atomic E-state index is 8.83. The summed E-state index contributed by atoms with van der Waals surface area (Å²) in [5.41, 5.74) is 0.571. The first-order chi connectivity index (χ1) is 5.55. The summed E-state index contributed by atoms with van der Waals surface area (Å²) in [6.45, 7) is 7.48. The largest absolute Gasteiger partial charge is 0.301 e. The molecule has 1 heterocycles. The van der Waals surface area contributed by atoms with E-state index in [1.54, 1.807) is 0 Å². The van der Waals surface area contributed by atoms with Crippen LogP contribution in [0, 0.1) is 22.2 Å². The fourth-order valence-electron chi connectivity index (χ4n) is 2.10. The summed E-state index contributed by atoms with van der Waals surface area (Å²) in [7, 11) is 0. The molecule has 1 saturated carbocycles. The third-order valence-corrected chi connectivity index (χ3v) is 3.00. The zero-order valence-electron chi connectivity index (χ0n) is 7.93. The molecule has 2 fully saturated rings. The van der Waals surface area contributed by atoms with Crippen molar-refractivity contribution in [2.75, 3.05) is 19.6 Å². The van der Waals surface area contributed by atoms with Crippen molar-refractivity contribution in [3.8, 4) is 6.07 Å². The van der Waals surface area contributed by atoms with Gasteiger partial charge in [-0.2, -0.15) is 5.26 Å².